The summed E-state index contributed by atoms with van der Waals surface area (Å²) in [4.78, 5) is 15.8. The first-order chi connectivity index (χ1) is 10.3. The highest BCUT2D eigenvalue weighted by atomic mass is 16.1. The van der Waals surface area contributed by atoms with E-state index in [0.717, 1.165) is 22.7 Å². The lowest BCUT2D eigenvalue weighted by Gasteiger charge is -2.20. The highest BCUT2D eigenvalue weighted by Gasteiger charge is 2.40. The van der Waals surface area contributed by atoms with Gasteiger partial charge in [-0.3, -0.25) is 4.79 Å². The van der Waals surface area contributed by atoms with E-state index < -0.39 is 0 Å². The Labute approximate surface area is 124 Å². The Morgan fingerprint density at radius 1 is 1.33 bits per heavy atom. The molecule has 2 fully saturated rings. The fourth-order valence-corrected chi connectivity index (χ4v) is 4.47. The zero-order chi connectivity index (χ0) is 14.4. The molecular weight excluding hydrogens is 260 g/mol. The number of nitriles is 1. The largest absolute Gasteiger partial charge is 0.360 e. The van der Waals surface area contributed by atoms with Crippen LogP contribution in [0.15, 0.2) is 24.4 Å². The molecule has 3 heteroatoms. The van der Waals surface area contributed by atoms with Gasteiger partial charge in [-0.05, 0) is 49.1 Å². The summed E-state index contributed by atoms with van der Waals surface area (Å²) >= 11 is 0. The molecule has 2 saturated carbocycles. The van der Waals surface area contributed by atoms with E-state index in [1.807, 2.05) is 12.1 Å². The monoisotopic (exact) mass is 278 g/mol. The van der Waals surface area contributed by atoms with Crippen molar-refractivity contribution in [3.8, 4) is 6.07 Å². The third kappa shape index (κ3) is 1.98. The van der Waals surface area contributed by atoms with Crippen molar-refractivity contribution in [2.24, 2.45) is 17.8 Å². The van der Waals surface area contributed by atoms with Gasteiger partial charge in [-0.1, -0.05) is 12.5 Å². The number of rotatable bonds is 3. The molecule has 1 N–H and O–H groups in total. The lowest BCUT2D eigenvalue weighted by molar-refractivity contribution is 0.0946. The van der Waals surface area contributed by atoms with E-state index in [9.17, 15) is 10.1 Å². The number of benzene rings is 1. The third-order valence-electron chi connectivity index (χ3n) is 5.46. The van der Waals surface area contributed by atoms with Gasteiger partial charge in [-0.2, -0.15) is 5.26 Å². The molecule has 21 heavy (non-hydrogen) atoms. The van der Waals surface area contributed by atoms with Gasteiger partial charge in [0.1, 0.15) is 0 Å². The number of ketones is 1. The fourth-order valence-electron chi connectivity index (χ4n) is 4.47. The molecule has 106 valence electrons. The van der Waals surface area contributed by atoms with Crippen molar-refractivity contribution < 1.29 is 4.79 Å². The SMILES string of the molecule is N#Cc1cccc2[nH]cc(C(=O)CC3CC4CCC3C4)c12. The van der Waals surface area contributed by atoms with Crippen LogP contribution in [0.1, 0.15) is 48.0 Å². The molecule has 2 aliphatic carbocycles. The van der Waals surface area contributed by atoms with Gasteiger partial charge >= 0.3 is 0 Å². The van der Waals surface area contributed by atoms with Gasteiger partial charge in [0.25, 0.3) is 0 Å². The van der Waals surface area contributed by atoms with E-state index in [1.54, 1.807) is 12.3 Å². The van der Waals surface area contributed by atoms with Crippen LogP contribution in [-0.2, 0) is 0 Å². The number of hydrogen-bond donors (Lipinski definition) is 1. The number of aromatic nitrogens is 1. The predicted molar refractivity (Wildman–Crippen MR) is 80.9 cm³/mol. The fraction of sp³-hybridized carbons (Fsp3) is 0.444. The van der Waals surface area contributed by atoms with Gasteiger partial charge in [0.2, 0.25) is 0 Å². The normalized spacial score (nSPS) is 27.1. The van der Waals surface area contributed by atoms with Crippen LogP contribution in [0, 0.1) is 29.1 Å². The summed E-state index contributed by atoms with van der Waals surface area (Å²) in [5.74, 6) is 2.39. The molecule has 3 atom stereocenters. The number of carbonyl (C=O) groups excluding carboxylic acids is 1. The molecule has 2 aromatic rings. The molecule has 4 rings (SSSR count). The molecule has 2 bridgehead atoms. The van der Waals surface area contributed by atoms with Crippen LogP contribution >= 0.6 is 0 Å². The zero-order valence-corrected chi connectivity index (χ0v) is 11.9. The zero-order valence-electron chi connectivity index (χ0n) is 11.9. The maximum atomic E-state index is 12.7. The quantitative estimate of drug-likeness (QED) is 0.861. The van der Waals surface area contributed by atoms with Crippen molar-refractivity contribution in [1.29, 1.82) is 5.26 Å². The van der Waals surface area contributed by atoms with Crippen molar-refractivity contribution in [2.75, 3.05) is 0 Å². The molecule has 2 aliphatic rings. The molecule has 0 radical (unpaired) electrons. The Balaban J connectivity index is 1.64. The van der Waals surface area contributed by atoms with E-state index >= 15 is 0 Å². The van der Waals surface area contributed by atoms with Crippen LogP contribution in [0.5, 0.6) is 0 Å². The molecule has 1 aromatic heterocycles. The van der Waals surface area contributed by atoms with Gasteiger partial charge in [0.15, 0.2) is 5.78 Å². The minimum atomic E-state index is 0.196. The second-order valence-corrected chi connectivity index (χ2v) is 6.60. The summed E-state index contributed by atoms with van der Waals surface area (Å²) in [5.41, 5.74) is 2.17. The lowest BCUT2D eigenvalue weighted by Crippen LogP contribution is -2.15. The molecule has 1 heterocycles. The smallest absolute Gasteiger partial charge is 0.165 e. The Morgan fingerprint density at radius 2 is 2.24 bits per heavy atom. The van der Waals surface area contributed by atoms with Crippen LogP contribution < -0.4 is 0 Å². The summed E-state index contributed by atoms with van der Waals surface area (Å²) in [5, 5.41) is 10.1. The van der Waals surface area contributed by atoms with E-state index in [1.165, 1.54) is 25.7 Å². The summed E-state index contributed by atoms with van der Waals surface area (Å²) in [7, 11) is 0. The van der Waals surface area contributed by atoms with Gasteiger partial charge in [0, 0.05) is 29.1 Å². The molecule has 1 aromatic carbocycles. The summed E-state index contributed by atoms with van der Waals surface area (Å²) in [6.45, 7) is 0. The number of Topliss-reactive ketones (excluding diaryl/α,β-unsaturated/α-hetero) is 1. The van der Waals surface area contributed by atoms with Crippen LogP contribution in [-0.4, -0.2) is 10.8 Å². The van der Waals surface area contributed by atoms with Crippen LogP contribution in [0.3, 0.4) is 0 Å². The molecule has 0 saturated heterocycles. The van der Waals surface area contributed by atoms with E-state index in [0.29, 0.717) is 23.5 Å². The number of H-pyrrole nitrogens is 1. The predicted octanol–water partition coefficient (Wildman–Crippen LogP) is 4.05. The maximum Gasteiger partial charge on any atom is 0.165 e. The number of aromatic amines is 1. The second kappa shape index (κ2) is 4.73. The van der Waals surface area contributed by atoms with Gasteiger partial charge in [0.05, 0.1) is 11.6 Å². The van der Waals surface area contributed by atoms with Crippen molar-refractivity contribution in [2.45, 2.75) is 32.1 Å². The average molecular weight is 278 g/mol. The third-order valence-corrected chi connectivity index (χ3v) is 5.46. The van der Waals surface area contributed by atoms with Crippen LogP contribution in [0.4, 0.5) is 0 Å². The lowest BCUT2D eigenvalue weighted by atomic mass is 9.84. The van der Waals surface area contributed by atoms with Gasteiger partial charge in [-0.15, -0.1) is 0 Å². The Morgan fingerprint density at radius 3 is 2.95 bits per heavy atom. The summed E-state index contributed by atoms with van der Waals surface area (Å²) in [6, 6.07) is 7.75. The Kier molecular flexibility index (Phi) is 2.85. The van der Waals surface area contributed by atoms with Crippen molar-refractivity contribution in [3.05, 3.63) is 35.5 Å². The molecule has 3 nitrogen and oxygen atoms in total. The van der Waals surface area contributed by atoms with Crippen LogP contribution in [0.2, 0.25) is 0 Å². The minimum Gasteiger partial charge on any atom is -0.360 e. The molecule has 0 amide bonds. The molecule has 0 aliphatic heterocycles. The number of carbonyl (C=O) groups is 1. The second-order valence-electron chi connectivity index (χ2n) is 6.60. The highest BCUT2D eigenvalue weighted by molar-refractivity contribution is 6.09. The molecular formula is C18H18N2O. The topological polar surface area (TPSA) is 56.6 Å². The first-order valence-electron chi connectivity index (χ1n) is 7.79. The van der Waals surface area contributed by atoms with E-state index in [2.05, 4.69) is 11.1 Å². The van der Waals surface area contributed by atoms with Crippen molar-refractivity contribution in [3.63, 3.8) is 0 Å². The number of hydrogen-bond acceptors (Lipinski definition) is 2. The Bertz CT molecular complexity index is 752. The minimum absolute atomic E-state index is 0.196. The number of nitrogens with one attached hydrogen (secondary N) is 1. The molecule has 0 spiro atoms. The standard InChI is InChI=1S/C18H18N2O/c19-9-13-2-1-3-16-18(13)15(10-20-16)17(21)8-14-7-11-4-5-12(14)6-11/h1-3,10-12,14,20H,4-8H2. The van der Waals surface area contributed by atoms with E-state index in [-0.39, 0.29) is 5.78 Å². The molecule has 3 unspecified atom stereocenters. The van der Waals surface area contributed by atoms with Gasteiger partial charge in [-0.25, -0.2) is 0 Å². The first-order valence-corrected chi connectivity index (χ1v) is 7.79. The number of fused-ring (bicyclic) bond motifs is 3. The summed E-state index contributed by atoms with van der Waals surface area (Å²) in [6.07, 6.45) is 7.65. The average Bonchev–Trinajstić information content (AvgIpc) is 3.20. The van der Waals surface area contributed by atoms with E-state index in [4.69, 9.17) is 0 Å². The Hall–Kier alpha value is -2.08. The van der Waals surface area contributed by atoms with Crippen LogP contribution in [0.25, 0.3) is 10.9 Å². The summed E-state index contributed by atoms with van der Waals surface area (Å²) < 4.78 is 0. The number of nitrogens with zero attached hydrogens (tertiary/aromatic N) is 1. The highest BCUT2D eigenvalue weighted by Crippen LogP contribution is 2.49. The van der Waals surface area contributed by atoms with Gasteiger partial charge < -0.3 is 4.98 Å². The van der Waals surface area contributed by atoms with Crippen molar-refractivity contribution in [1.82, 2.24) is 4.98 Å². The first kappa shape index (κ1) is 12.6. The van der Waals surface area contributed by atoms with Crippen molar-refractivity contribution >= 4 is 16.7 Å². The maximum absolute atomic E-state index is 12.7.